The summed E-state index contributed by atoms with van der Waals surface area (Å²) < 4.78 is 1.87. The van der Waals surface area contributed by atoms with E-state index in [2.05, 4.69) is 46.5 Å². The summed E-state index contributed by atoms with van der Waals surface area (Å²) in [4.78, 5) is 2.40. The topological polar surface area (TPSA) is 58.9 Å². The van der Waals surface area contributed by atoms with Gasteiger partial charge in [0.2, 0.25) is 5.16 Å². The molecule has 1 aromatic rings. The first kappa shape index (κ1) is 15.4. The predicted octanol–water partition coefficient (Wildman–Crippen LogP) is 0.716. The van der Waals surface area contributed by atoms with Crippen molar-refractivity contribution in [1.29, 1.82) is 0 Å². The lowest BCUT2D eigenvalue weighted by molar-refractivity contribution is 0.323. The first-order valence-corrected chi connectivity index (χ1v) is 7.62. The zero-order chi connectivity index (χ0) is 13.2. The van der Waals surface area contributed by atoms with Crippen molar-refractivity contribution in [2.75, 3.05) is 38.5 Å². The maximum absolute atomic E-state index is 4.06. The van der Waals surface area contributed by atoms with Gasteiger partial charge >= 0.3 is 0 Å². The molecule has 0 spiro atoms. The van der Waals surface area contributed by atoms with Crippen molar-refractivity contribution in [1.82, 2.24) is 30.4 Å². The fourth-order valence-corrected chi connectivity index (χ4v) is 2.51. The summed E-state index contributed by atoms with van der Waals surface area (Å²) >= 11 is 1.73. The first-order valence-electron chi connectivity index (χ1n) is 6.63. The summed E-state index contributed by atoms with van der Waals surface area (Å²) in [6.45, 7) is 12.5. The van der Waals surface area contributed by atoms with E-state index in [1.165, 1.54) is 0 Å². The number of nitrogens with one attached hydrogen (secondary N) is 1. The van der Waals surface area contributed by atoms with Gasteiger partial charge in [-0.05, 0) is 30.1 Å². The zero-order valence-electron chi connectivity index (χ0n) is 11.6. The Hall–Kier alpha value is -0.660. The van der Waals surface area contributed by atoms with E-state index in [-0.39, 0.29) is 0 Å². The van der Waals surface area contributed by atoms with Crippen LogP contribution in [0.3, 0.4) is 0 Å². The van der Waals surface area contributed by atoms with Gasteiger partial charge in [-0.2, -0.15) is 0 Å². The van der Waals surface area contributed by atoms with Gasteiger partial charge in [-0.1, -0.05) is 32.5 Å². The van der Waals surface area contributed by atoms with Gasteiger partial charge in [0.25, 0.3) is 0 Å². The normalized spacial score (nSPS) is 11.3. The molecule has 1 aromatic heterocycles. The second kappa shape index (κ2) is 9.29. The minimum Gasteiger partial charge on any atom is -0.315 e. The third-order valence-electron chi connectivity index (χ3n) is 2.78. The maximum Gasteiger partial charge on any atom is 0.209 e. The molecule has 0 aromatic carbocycles. The number of tetrazole rings is 1. The van der Waals surface area contributed by atoms with Crippen LogP contribution in [0.4, 0.5) is 0 Å². The molecule has 0 saturated heterocycles. The predicted molar refractivity (Wildman–Crippen MR) is 74.9 cm³/mol. The Morgan fingerprint density at radius 3 is 2.72 bits per heavy atom. The number of nitrogens with zero attached hydrogens (tertiary/aromatic N) is 5. The first-order chi connectivity index (χ1) is 8.81. The number of rotatable bonds is 10. The summed E-state index contributed by atoms with van der Waals surface area (Å²) in [7, 11) is 0. The van der Waals surface area contributed by atoms with Crippen LogP contribution < -0.4 is 5.32 Å². The second-order valence-electron chi connectivity index (χ2n) is 3.91. The van der Waals surface area contributed by atoms with Crippen molar-refractivity contribution in [2.24, 2.45) is 0 Å². The van der Waals surface area contributed by atoms with Gasteiger partial charge in [0.05, 0.1) is 6.54 Å². The number of hydrogen-bond acceptors (Lipinski definition) is 6. The number of aromatic nitrogens is 4. The quantitative estimate of drug-likeness (QED) is 0.500. The molecule has 0 unspecified atom stereocenters. The smallest absolute Gasteiger partial charge is 0.209 e. The van der Waals surface area contributed by atoms with Crippen molar-refractivity contribution >= 4 is 11.8 Å². The van der Waals surface area contributed by atoms with E-state index in [1.54, 1.807) is 11.8 Å². The molecule has 0 fully saturated rings. The molecular weight excluding hydrogens is 248 g/mol. The van der Waals surface area contributed by atoms with Gasteiger partial charge in [-0.25, -0.2) is 4.68 Å². The summed E-state index contributed by atoms with van der Waals surface area (Å²) in [5.74, 6) is 1.03. The molecule has 0 aliphatic heterocycles. The van der Waals surface area contributed by atoms with Crippen LogP contribution in [-0.2, 0) is 6.54 Å². The molecule has 0 radical (unpaired) electrons. The van der Waals surface area contributed by atoms with E-state index in [9.17, 15) is 0 Å². The van der Waals surface area contributed by atoms with Crippen molar-refractivity contribution in [3.05, 3.63) is 0 Å². The van der Waals surface area contributed by atoms with E-state index >= 15 is 0 Å². The summed E-state index contributed by atoms with van der Waals surface area (Å²) in [6.07, 6.45) is 0. The molecule has 0 bridgehead atoms. The molecular formula is C11H24N6S. The fourth-order valence-electron chi connectivity index (χ4n) is 1.61. The SMILES string of the molecule is CCNCCn1nnnc1SCCN(CC)CC. The summed E-state index contributed by atoms with van der Waals surface area (Å²) in [6, 6.07) is 0. The molecule has 1 N–H and O–H groups in total. The van der Waals surface area contributed by atoms with Crippen molar-refractivity contribution < 1.29 is 0 Å². The van der Waals surface area contributed by atoms with Crippen LogP contribution in [0.5, 0.6) is 0 Å². The minimum atomic E-state index is 0.828. The van der Waals surface area contributed by atoms with Crippen molar-refractivity contribution in [3.63, 3.8) is 0 Å². The molecule has 0 atom stereocenters. The fraction of sp³-hybridized carbons (Fsp3) is 0.909. The van der Waals surface area contributed by atoms with E-state index in [1.807, 2.05) is 4.68 Å². The standard InChI is InChI=1S/C11H24N6S/c1-4-12-7-8-17-11(13-14-15-17)18-10-9-16(5-2)6-3/h12H,4-10H2,1-3H3. The van der Waals surface area contributed by atoms with Gasteiger partial charge < -0.3 is 10.2 Å². The molecule has 0 amide bonds. The van der Waals surface area contributed by atoms with Crippen LogP contribution in [0.15, 0.2) is 5.16 Å². The molecule has 1 rings (SSSR count). The monoisotopic (exact) mass is 272 g/mol. The average molecular weight is 272 g/mol. The van der Waals surface area contributed by atoms with E-state index in [4.69, 9.17) is 0 Å². The Morgan fingerprint density at radius 2 is 2.06 bits per heavy atom. The third kappa shape index (κ3) is 5.32. The van der Waals surface area contributed by atoms with Crippen LogP contribution in [0.1, 0.15) is 20.8 Å². The molecule has 0 aliphatic carbocycles. The lowest BCUT2D eigenvalue weighted by atomic mass is 10.5. The van der Waals surface area contributed by atoms with Gasteiger partial charge in [0.15, 0.2) is 0 Å². The Labute approximate surface area is 113 Å². The number of thioether (sulfide) groups is 1. The zero-order valence-corrected chi connectivity index (χ0v) is 12.4. The van der Waals surface area contributed by atoms with Gasteiger partial charge in [-0.3, -0.25) is 0 Å². The highest BCUT2D eigenvalue weighted by molar-refractivity contribution is 7.99. The number of likely N-dealkylation sites (N-methyl/N-ethyl adjacent to an activating group) is 1. The molecule has 6 nitrogen and oxygen atoms in total. The molecule has 18 heavy (non-hydrogen) atoms. The second-order valence-corrected chi connectivity index (χ2v) is 4.98. The van der Waals surface area contributed by atoms with Crippen molar-refractivity contribution in [2.45, 2.75) is 32.5 Å². The molecule has 1 heterocycles. The maximum atomic E-state index is 4.06. The molecule has 7 heteroatoms. The van der Waals surface area contributed by atoms with Gasteiger partial charge in [-0.15, -0.1) is 5.10 Å². The lowest BCUT2D eigenvalue weighted by Gasteiger charge is -2.16. The molecule has 104 valence electrons. The van der Waals surface area contributed by atoms with Gasteiger partial charge in [0, 0.05) is 18.8 Å². The highest BCUT2D eigenvalue weighted by Gasteiger charge is 2.07. The number of hydrogen-bond donors (Lipinski definition) is 1. The highest BCUT2D eigenvalue weighted by Crippen LogP contribution is 2.13. The van der Waals surface area contributed by atoms with E-state index < -0.39 is 0 Å². The van der Waals surface area contributed by atoms with Crippen LogP contribution in [0, 0.1) is 0 Å². The largest absolute Gasteiger partial charge is 0.315 e. The average Bonchev–Trinajstić information content (AvgIpc) is 2.83. The van der Waals surface area contributed by atoms with E-state index in [0.29, 0.717) is 0 Å². The molecule has 0 aliphatic rings. The Kier molecular flexibility index (Phi) is 7.95. The Morgan fingerprint density at radius 1 is 1.28 bits per heavy atom. The Bertz CT molecular complexity index is 312. The van der Waals surface area contributed by atoms with Crippen molar-refractivity contribution in [3.8, 4) is 0 Å². The minimum absolute atomic E-state index is 0.828. The summed E-state index contributed by atoms with van der Waals surface area (Å²) in [5, 5.41) is 16.0. The Balaban J connectivity index is 2.31. The lowest BCUT2D eigenvalue weighted by Crippen LogP contribution is -2.25. The van der Waals surface area contributed by atoms with Crippen LogP contribution in [0.25, 0.3) is 0 Å². The molecule has 0 saturated carbocycles. The van der Waals surface area contributed by atoms with E-state index in [0.717, 1.165) is 50.2 Å². The third-order valence-corrected chi connectivity index (χ3v) is 3.72. The van der Waals surface area contributed by atoms with Crippen LogP contribution in [-0.4, -0.2) is 63.6 Å². The summed E-state index contributed by atoms with van der Waals surface area (Å²) in [5.41, 5.74) is 0. The van der Waals surface area contributed by atoms with Gasteiger partial charge in [0.1, 0.15) is 0 Å². The highest BCUT2D eigenvalue weighted by atomic mass is 32.2. The van der Waals surface area contributed by atoms with Crippen LogP contribution >= 0.6 is 11.8 Å². The van der Waals surface area contributed by atoms with Crippen LogP contribution in [0.2, 0.25) is 0 Å².